The second kappa shape index (κ2) is 6.56. The van der Waals surface area contributed by atoms with E-state index in [1.807, 2.05) is 23.1 Å². The van der Waals surface area contributed by atoms with Gasteiger partial charge in [0.25, 0.3) is 5.91 Å². The highest BCUT2D eigenvalue weighted by atomic mass is 79.9. The number of piperidine rings is 1. The van der Waals surface area contributed by atoms with Crippen LogP contribution < -0.4 is 0 Å². The monoisotopic (exact) mass is 323 g/mol. The number of carbonyl (C=O) groups excluding carboxylic acids is 1. The second-order valence-electron chi connectivity index (χ2n) is 5.54. The van der Waals surface area contributed by atoms with Crippen LogP contribution in [0.5, 0.6) is 0 Å². The maximum atomic E-state index is 12.5. The van der Waals surface area contributed by atoms with E-state index >= 15 is 0 Å². The summed E-state index contributed by atoms with van der Waals surface area (Å²) in [5, 5.41) is 1.03. The normalized spacial score (nSPS) is 19.5. The van der Waals surface area contributed by atoms with E-state index in [-0.39, 0.29) is 5.91 Å². The molecule has 1 unspecified atom stereocenters. The summed E-state index contributed by atoms with van der Waals surface area (Å²) in [6.45, 7) is 5.97. The SMILES string of the molecule is Cc1ccc(C(=O)N2CCCC(CCBr)C2)cc1C. The van der Waals surface area contributed by atoms with Crippen molar-refractivity contribution in [1.82, 2.24) is 4.90 Å². The van der Waals surface area contributed by atoms with Crippen molar-refractivity contribution in [2.45, 2.75) is 33.1 Å². The van der Waals surface area contributed by atoms with Crippen LogP contribution >= 0.6 is 15.9 Å². The number of likely N-dealkylation sites (tertiary alicyclic amines) is 1. The average Bonchev–Trinajstić information content (AvgIpc) is 2.42. The zero-order chi connectivity index (χ0) is 13.8. The van der Waals surface area contributed by atoms with E-state index in [2.05, 4.69) is 29.8 Å². The molecule has 1 heterocycles. The van der Waals surface area contributed by atoms with E-state index in [9.17, 15) is 4.79 Å². The topological polar surface area (TPSA) is 20.3 Å². The lowest BCUT2D eigenvalue weighted by Gasteiger charge is -2.32. The van der Waals surface area contributed by atoms with Crippen LogP contribution in [0.15, 0.2) is 18.2 Å². The summed E-state index contributed by atoms with van der Waals surface area (Å²) < 4.78 is 0. The largest absolute Gasteiger partial charge is 0.338 e. The van der Waals surface area contributed by atoms with Crippen molar-refractivity contribution >= 4 is 21.8 Å². The molecule has 0 spiro atoms. The Balaban J connectivity index is 2.08. The molecule has 0 bridgehead atoms. The van der Waals surface area contributed by atoms with Gasteiger partial charge < -0.3 is 4.90 Å². The lowest BCUT2D eigenvalue weighted by molar-refractivity contribution is 0.0672. The van der Waals surface area contributed by atoms with Crippen LogP contribution in [0.25, 0.3) is 0 Å². The Kier molecular flexibility index (Phi) is 5.03. The molecule has 0 aromatic heterocycles. The molecule has 1 aliphatic rings. The third kappa shape index (κ3) is 3.59. The van der Waals surface area contributed by atoms with Crippen molar-refractivity contribution < 1.29 is 4.79 Å². The van der Waals surface area contributed by atoms with E-state index in [0.29, 0.717) is 5.92 Å². The third-order valence-electron chi connectivity index (χ3n) is 4.08. The molecule has 1 fully saturated rings. The number of amides is 1. The molecule has 1 atom stereocenters. The van der Waals surface area contributed by atoms with Crippen LogP contribution in [0.2, 0.25) is 0 Å². The highest BCUT2D eigenvalue weighted by Gasteiger charge is 2.24. The summed E-state index contributed by atoms with van der Waals surface area (Å²) in [6, 6.07) is 6.02. The van der Waals surface area contributed by atoms with Crippen LogP contribution in [0.3, 0.4) is 0 Å². The molecule has 1 aromatic rings. The summed E-state index contributed by atoms with van der Waals surface area (Å²) in [5.41, 5.74) is 3.27. The van der Waals surface area contributed by atoms with Gasteiger partial charge >= 0.3 is 0 Å². The van der Waals surface area contributed by atoms with E-state index in [1.165, 1.54) is 17.5 Å². The van der Waals surface area contributed by atoms with Gasteiger partial charge in [0.15, 0.2) is 0 Å². The molecular formula is C16H22BrNO. The standard InChI is InChI=1S/C16H22BrNO/c1-12-5-6-15(10-13(12)2)16(19)18-9-3-4-14(11-18)7-8-17/h5-6,10,14H,3-4,7-9,11H2,1-2H3. The van der Waals surface area contributed by atoms with Gasteiger partial charge in [-0.25, -0.2) is 0 Å². The maximum absolute atomic E-state index is 12.5. The van der Waals surface area contributed by atoms with Crippen molar-refractivity contribution in [3.8, 4) is 0 Å². The van der Waals surface area contributed by atoms with Crippen LogP contribution in [-0.4, -0.2) is 29.2 Å². The van der Waals surface area contributed by atoms with Gasteiger partial charge in [-0.3, -0.25) is 4.79 Å². The number of halogens is 1. The van der Waals surface area contributed by atoms with E-state index in [0.717, 1.165) is 36.8 Å². The Morgan fingerprint density at radius 3 is 2.84 bits per heavy atom. The molecular weight excluding hydrogens is 302 g/mol. The van der Waals surface area contributed by atoms with E-state index in [1.54, 1.807) is 0 Å². The first-order chi connectivity index (χ1) is 9.11. The predicted octanol–water partition coefficient (Wildman–Crippen LogP) is 3.94. The van der Waals surface area contributed by atoms with Gasteiger partial charge in [0.2, 0.25) is 0 Å². The third-order valence-corrected chi connectivity index (χ3v) is 4.54. The van der Waals surface area contributed by atoms with Gasteiger partial charge in [0.05, 0.1) is 0 Å². The Bertz CT molecular complexity index is 456. The van der Waals surface area contributed by atoms with Crippen LogP contribution in [0, 0.1) is 19.8 Å². The zero-order valence-electron chi connectivity index (χ0n) is 11.8. The van der Waals surface area contributed by atoms with Gasteiger partial charge in [-0.2, -0.15) is 0 Å². The number of rotatable bonds is 3. The van der Waals surface area contributed by atoms with Gasteiger partial charge in [-0.1, -0.05) is 22.0 Å². The summed E-state index contributed by atoms with van der Waals surface area (Å²) in [5.74, 6) is 0.853. The summed E-state index contributed by atoms with van der Waals surface area (Å²) in [4.78, 5) is 14.6. The number of aryl methyl sites for hydroxylation is 2. The molecule has 0 N–H and O–H groups in total. The van der Waals surface area contributed by atoms with Gasteiger partial charge in [0, 0.05) is 24.0 Å². The average molecular weight is 324 g/mol. The number of hydrogen-bond acceptors (Lipinski definition) is 1. The first kappa shape index (κ1) is 14.6. The van der Waals surface area contributed by atoms with Gasteiger partial charge in [-0.15, -0.1) is 0 Å². The van der Waals surface area contributed by atoms with Gasteiger partial charge in [-0.05, 0) is 62.3 Å². The molecule has 1 amide bonds. The Morgan fingerprint density at radius 1 is 1.37 bits per heavy atom. The highest BCUT2D eigenvalue weighted by molar-refractivity contribution is 9.09. The number of alkyl halides is 1. The summed E-state index contributed by atoms with van der Waals surface area (Å²) in [7, 11) is 0. The molecule has 0 aliphatic carbocycles. The molecule has 104 valence electrons. The van der Waals surface area contributed by atoms with Gasteiger partial charge in [0.1, 0.15) is 0 Å². The summed E-state index contributed by atoms with van der Waals surface area (Å²) in [6.07, 6.45) is 3.55. The molecule has 0 radical (unpaired) electrons. The fraction of sp³-hybridized carbons (Fsp3) is 0.562. The summed E-state index contributed by atoms with van der Waals surface area (Å²) >= 11 is 3.50. The minimum atomic E-state index is 0.197. The molecule has 1 saturated heterocycles. The quantitative estimate of drug-likeness (QED) is 0.771. The smallest absolute Gasteiger partial charge is 0.253 e. The molecule has 3 heteroatoms. The fourth-order valence-corrected chi connectivity index (χ4v) is 3.34. The minimum absolute atomic E-state index is 0.197. The van der Waals surface area contributed by atoms with E-state index < -0.39 is 0 Å². The molecule has 2 rings (SSSR count). The Labute approximate surface area is 124 Å². The van der Waals surface area contributed by atoms with Crippen LogP contribution in [-0.2, 0) is 0 Å². The number of hydrogen-bond donors (Lipinski definition) is 0. The predicted molar refractivity (Wildman–Crippen MR) is 83.0 cm³/mol. The van der Waals surface area contributed by atoms with Crippen LogP contribution in [0.4, 0.5) is 0 Å². The van der Waals surface area contributed by atoms with Crippen molar-refractivity contribution in [2.24, 2.45) is 5.92 Å². The maximum Gasteiger partial charge on any atom is 0.253 e. The molecule has 1 aliphatic heterocycles. The number of carbonyl (C=O) groups is 1. The molecule has 0 saturated carbocycles. The van der Waals surface area contributed by atoms with E-state index in [4.69, 9.17) is 0 Å². The van der Waals surface area contributed by atoms with Crippen molar-refractivity contribution in [2.75, 3.05) is 18.4 Å². The highest BCUT2D eigenvalue weighted by Crippen LogP contribution is 2.22. The Morgan fingerprint density at radius 2 is 2.16 bits per heavy atom. The second-order valence-corrected chi connectivity index (χ2v) is 6.33. The zero-order valence-corrected chi connectivity index (χ0v) is 13.4. The molecule has 1 aromatic carbocycles. The minimum Gasteiger partial charge on any atom is -0.338 e. The molecule has 2 nitrogen and oxygen atoms in total. The van der Waals surface area contributed by atoms with Crippen LogP contribution in [0.1, 0.15) is 40.7 Å². The lowest BCUT2D eigenvalue weighted by atomic mass is 9.95. The number of benzene rings is 1. The lowest BCUT2D eigenvalue weighted by Crippen LogP contribution is -2.40. The Hall–Kier alpha value is -0.830. The first-order valence-electron chi connectivity index (χ1n) is 7.04. The number of nitrogens with zero attached hydrogens (tertiary/aromatic N) is 1. The first-order valence-corrected chi connectivity index (χ1v) is 8.16. The van der Waals surface area contributed by atoms with Crippen molar-refractivity contribution in [3.05, 3.63) is 34.9 Å². The van der Waals surface area contributed by atoms with Crippen molar-refractivity contribution in [1.29, 1.82) is 0 Å². The fourth-order valence-electron chi connectivity index (χ4n) is 2.70. The molecule has 19 heavy (non-hydrogen) atoms. The van der Waals surface area contributed by atoms with Crippen molar-refractivity contribution in [3.63, 3.8) is 0 Å².